The molecular weight excluding hydrogens is 218 g/mol. The number of tetrazole rings is 1. The van der Waals surface area contributed by atoms with Crippen molar-refractivity contribution in [1.82, 2.24) is 25.5 Å². The fourth-order valence-corrected chi connectivity index (χ4v) is 1.97. The molecule has 0 amide bonds. The van der Waals surface area contributed by atoms with Crippen LogP contribution in [0.1, 0.15) is 32.0 Å². The van der Waals surface area contributed by atoms with Crippen molar-refractivity contribution in [2.45, 2.75) is 39.3 Å². The summed E-state index contributed by atoms with van der Waals surface area (Å²) in [4.78, 5) is 0. The molecule has 0 saturated heterocycles. The number of nitrogens with one attached hydrogen (secondary N) is 1. The summed E-state index contributed by atoms with van der Waals surface area (Å²) in [6.45, 7) is 5.44. The Hall–Kier alpha value is -1.01. The highest BCUT2D eigenvalue weighted by atomic mass is 16.5. The van der Waals surface area contributed by atoms with Crippen molar-refractivity contribution in [3.05, 3.63) is 5.82 Å². The van der Waals surface area contributed by atoms with Crippen molar-refractivity contribution >= 4 is 0 Å². The molecule has 0 aromatic carbocycles. The third-order valence-electron chi connectivity index (χ3n) is 3.56. The molecule has 2 rings (SSSR count). The second-order valence-corrected chi connectivity index (χ2v) is 4.78. The van der Waals surface area contributed by atoms with E-state index < -0.39 is 0 Å². The molecule has 1 aromatic rings. The number of hydrogen-bond acceptors (Lipinski definition) is 5. The van der Waals surface area contributed by atoms with Crippen molar-refractivity contribution in [3.63, 3.8) is 0 Å². The maximum Gasteiger partial charge on any atom is 0.165 e. The number of aromatic nitrogens is 4. The molecule has 0 radical (unpaired) electrons. The Morgan fingerprint density at radius 3 is 2.94 bits per heavy atom. The van der Waals surface area contributed by atoms with Gasteiger partial charge in [0.05, 0.1) is 19.7 Å². The molecule has 0 atom stereocenters. The molecule has 96 valence electrons. The molecule has 6 heteroatoms. The van der Waals surface area contributed by atoms with E-state index in [1.165, 1.54) is 19.3 Å². The number of methoxy groups -OCH3 is 1. The minimum Gasteiger partial charge on any atom is -0.383 e. The second kappa shape index (κ2) is 5.55. The zero-order valence-electron chi connectivity index (χ0n) is 10.6. The molecule has 0 aliphatic heterocycles. The van der Waals surface area contributed by atoms with Crippen LogP contribution in [0.25, 0.3) is 0 Å². The zero-order valence-corrected chi connectivity index (χ0v) is 10.6. The Balaban J connectivity index is 1.84. The van der Waals surface area contributed by atoms with Crippen molar-refractivity contribution in [2.75, 3.05) is 20.3 Å². The third-order valence-corrected chi connectivity index (χ3v) is 3.56. The van der Waals surface area contributed by atoms with Gasteiger partial charge >= 0.3 is 0 Å². The largest absolute Gasteiger partial charge is 0.383 e. The summed E-state index contributed by atoms with van der Waals surface area (Å²) in [6.07, 6.45) is 3.82. The van der Waals surface area contributed by atoms with E-state index in [1.807, 2.05) is 4.68 Å². The van der Waals surface area contributed by atoms with E-state index in [1.54, 1.807) is 7.11 Å². The summed E-state index contributed by atoms with van der Waals surface area (Å²) in [5.74, 6) is 0.917. The lowest BCUT2D eigenvalue weighted by atomic mass is 10.0. The van der Waals surface area contributed by atoms with Gasteiger partial charge in [0, 0.05) is 13.7 Å². The van der Waals surface area contributed by atoms with Gasteiger partial charge in [0.15, 0.2) is 5.82 Å². The quantitative estimate of drug-likeness (QED) is 0.673. The molecule has 1 saturated carbocycles. The Kier molecular flexibility index (Phi) is 4.06. The molecule has 0 bridgehead atoms. The van der Waals surface area contributed by atoms with Crippen LogP contribution in [0.5, 0.6) is 0 Å². The molecule has 1 heterocycles. The van der Waals surface area contributed by atoms with Gasteiger partial charge in [0.1, 0.15) is 0 Å². The van der Waals surface area contributed by atoms with Crippen LogP contribution in [0.4, 0.5) is 0 Å². The van der Waals surface area contributed by atoms with Gasteiger partial charge in [0.25, 0.3) is 0 Å². The molecule has 1 aliphatic carbocycles. The normalized spacial score (nSPS) is 17.3. The first kappa shape index (κ1) is 12.4. The molecule has 0 spiro atoms. The molecule has 6 nitrogen and oxygen atoms in total. The Morgan fingerprint density at radius 1 is 1.47 bits per heavy atom. The maximum atomic E-state index is 4.98. The van der Waals surface area contributed by atoms with Crippen LogP contribution in [-0.2, 0) is 17.8 Å². The van der Waals surface area contributed by atoms with E-state index in [4.69, 9.17) is 4.74 Å². The molecular formula is C11H21N5O. The monoisotopic (exact) mass is 239 g/mol. The lowest BCUT2D eigenvalue weighted by molar-refractivity contribution is 0.198. The lowest BCUT2D eigenvalue weighted by Gasteiger charge is -2.13. The van der Waals surface area contributed by atoms with Crippen LogP contribution in [0.3, 0.4) is 0 Å². The van der Waals surface area contributed by atoms with Gasteiger partial charge in [-0.1, -0.05) is 6.92 Å². The topological polar surface area (TPSA) is 64.9 Å². The SMILES string of the molecule is CCC1(Cn2nnnc2CNCCOC)CC1. The predicted molar refractivity (Wildman–Crippen MR) is 63.4 cm³/mol. The third kappa shape index (κ3) is 3.23. The minimum atomic E-state index is 0.469. The van der Waals surface area contributed by atoms with Gasteiger partial charge < -0.3 is 10.1 Å². The van der Waals surface area contributed by atoms with Crippen molar-refractivity contribution in [1.29, 1.82) is 0 Å². The smallest absolute Gasteiger partial charge is 0.165 e. The highest BCUT2D eigenvalue weighted by Crippen LogP contribution is 2.49. The molecule has 1 aromatic heterocycles. The average molecular weight is 239 g/mol. The standard InChI is InChI=1S/C11H21N5O/c1-3-11(4-5-11)9-16-10(13-14-15-16)8-12-6-7-17-2/h12H,3-9H2,1-2H3. The zero-order chi connectivity index (χ0) is 12.1. The van der Waals surface area contributed by atoms with Crippen LogP contribution in [0, 0.1) is 5.41 Å². The average Bonchev–Trinajstić information content (AvgIpc) is 2.99. The summed E-state index contributed by atoms with van der Waals surface area (Å²) in [6, 6.07) is 0. The Morgan fingerprint density at radius 2 is 2.29 bits per heavy atom. The molecule has 0 unspecified atom stereocenters. The van der Waals surface area contributed by atoms with Crippen molar-refractivity contribution in [2.24, 2.45) is 5.41 Å². The van der Waals surface area contributed by atoms with E-state index in [2.05, 4.69) is 27.8 Å². The van der Waals surface area contributed by atoms with E-state index in [0.29, 0.717) is 18.6 Å². The summed E-state index contributed by atoms with van der Waals surface area (Å²) in [5.41, 5.74) is 0.469. The fourth-order valence-electron chi connectivity index (χ4n) is 1.97. The highest BCUT2D eigenvalue weighted by molar-refractivity contribution is 4.93. The fraction of sp³-hybridized carbons (Fsp3) is 0.909. The summed E-state index contributed by atoms with van der Waals surface area (Å²) in [7, 11) is 1.70. The van der Waals surface area contributed by atoms with Gasteiger partial charge in [-0.15, -0.1) is 5.10 Å². The van der Waals surface area contributed by atoms with E-state index in [9.17, 15) is 0 Å². The molecule has 17 heavy (non-hydrogen) atoms. The van der Waals surface area contributed by atoms with Crippen LogP contribution in [0.2, 0.25) is 0 Å². The molecule has 1 aliphatic rings. The molecule has 1 N–H and O–H groups in total. The molecule has 1 fully saturated rings. The number of rotatable bonds is 8. The number of nitrogens with zero attached hydrogens (tertiary/aromatic N) is 4. The summed E-state index contributed by atoms with van der Waals surface area (Å²) >= 11 is 0. The highest BCUT2D eigenvalue weighted by Gasteiger charge is 2.41. The second-order valence-electron chi connectivity index (χ2n) is 4.78. The first-order valence-corrected chi connectivity index (χ1v) is 6.24. The summed E-state index contributed by atoms with van der Waals surface area (Å²) in [5, 5.41) is 15.2. The van der Waals surface area contributed by atoms with E-state index in [0.717, 1.165) is 18.9 Å². The van der Waals surface area contributed by atoms with Gasteiger partial charge in [-0.05, 0) is 35.1 Å². The predicted octanol–water partition coefficient (Wildman–Crippen LogP) is 0.599. The Bertz CT molecular complexity index is 347. The number of ether oxygens (including phenoxy) is 1. The summed E-state index contributed by atoms with van der Waals surface area (Å²) < 4.78 is 6.92. The van der Waals surface area contributed by atoms with Crippen molar-refractivity contribution < 1.29 is 4.74 Å². The van der Waals surface area contributed by atoms with Gasteiger partial charge in [0.2, 0.25) is 0 Å². The van der Waals surface area contributed by atoms with Crippen LogP contribution < -0.4 is 5.32 Å². The maximum absolute atomic E-state index is 4.98. The number of hydrogen-bond donors (Lipinski definition) is 1. The van der Waals surface area contributed by atoms with Gasteiger partial charge in [-0.3, -0.25) is 0 Å². The first-order chi connectivity index (χ1) is 8.29. The minimum absolute atomic E-state index is 0.469. The van der Waals surface area contributed by atoms with Crippen LogP contribution in [-0.4, -0.2) is 40.5 Å². The van der Waals surface area contributed by atoms with Crippen LogP contribution >= 0.6 is 0 Å². The van der Waals surface area contributed by atoms with Gasteiger partial charge in [-0.2, -0.15) is 0 Å². The van der Waals surface area contributed by atoms with Gasteiger partial charge in [-0.25, -0.2) is 4.68 Å². The van der Waals surface area contributed by atoms with E-state index >= 15 is 0 Å². The Labute approximate surface area is 102 Å². The van der Waals surface area contributed by atoms with E-state index in [-0.39, 0.29) is 0 Å². The van der Waals surface area contributed by atoms with Crippen molar-refractivity contribution in [3.8, 4) is 0 Å². The lowest BCUT2D eigenvalue weighted by Crippen LogP contribution is -2.23. The van der Waals surface area contributed by atoms with Crippen LogP contribution in [0.15, 0.2) is 0 Å². The first-order valence-electron chi connectivity index (χ1n) is 6.24.